The van der Waals surface area contributed by atoms with E-state index in [9.17, 15) is 14.4 Å². The number of carbonyl (C=O) groups is 3. The second-order valence-electron chi connectivity index (χ2n) is 8.45. The summed E-state index contributed by atoms with van der Waals surface area (Å²) in [6, 6.07) is 0. The van der Waals surface area contributed by atoms with Gasteiger partial charge in [-0.25, -0.2) is 9.59 Å². The van der Waals surface area contributed by atoms with Crippen molar-refractivity contribution >= 4 is 18.1 Å². The summed E-state index contributed by atoms with van der Waals surface area (Å²) >= 11 is 0. The Hall–Kier alpha value is -2.25. The fraction of sp³-hybridized carbons (Fsp3) is 0.750. The van der Waals surface area contributed by atoms with E-state index in [1.165, 1.54) is 6.08 Å². The number of rotatable bonds is 10. The molecule has 0 saturated carbocycles. The first-order valence-corrected chi connectivity index (χ1v) is 9.69. The van der Waals surface area contributed by atoms with Crippen molar-refractivity contribution in [1.82, 2.24) is 15.5 Å². The van der Waals surface area contributed by atoms with Crippen LogP contribution in [0.25, 0.3) is 0 Å². The molecule has 0 unspecified atom stereocenters. The average molecular weight is 400 g/mol. The predicted octanol–water partition coefficient (Wildman–Crippen LogP) is 3.22. The van der Waals surface area contributed by atoms with Gasteiger partial charge in [0.15, 0.2) is 0 Å². The van der Waals surface area contributed by atoms with Crippen molar-refractivity contribution < 1.29 is 23.9 Å². The quantitative estimate of drug-likeness (QED) is 0.434. The van der Waals surface area contributed by atoms with Crippen molar-refractivity contribution in [3.8, 4) is 0 Å². The topological polar surface area (TPSA) is 97.0 Å². The van der Waals surface area contributed by atoms with E-state index in [2.05, 4.69) is 17.2 Å². The van der Waals surface area contributed by atoms with Gasteiger partial charge < -0.3 is 25.0 Å². The molecule has 0 aromatic heterocycles. The van der Waals surface area contributed by atoms with Crippen molar-refractivity contribution in [2.24, 2.45) is 0 Å². The lowest BCUT2D eigenvalue weighted by Crippen LogP contribution is -2.39. The molecule has 0 aromatic carbocycles. The van der Waals surface area contributed by atoms with Crippen molar-refractivity contribution in [2.75, 3.05) is 26.2 Å². The van der Waals surface area contributed by atoms with E-state index < -0.39 is 17.3 Å². The van der Waals surface area contributed by atoms with Crippen LogP contribution in [-0.4, -0.2) is 60.4 Å². The van der Waals surface area contributed by atoms with E-state index in [-0.39, 0.29) is 12.0 Å². The lowest BCUT2D eigenvalue weighted by Gasteiger charge is -2.27. The molecule has 3 amide bonds. The molecule has 28 heavy (non-hydrogen) atoms. The molecular formula is C20H37N3O5. The lowest BCUT2D eigenvalue weighted by atomic mass is 10.2. The SMILES string of the molecule is C=CC(=O)NCCCN(CCCCNC(=O)OC(C)(C)C)C(=O)OC(C)(C)C. The van der Waals surface area contributed by atoms with Gasteiger partial charge in [-0.15, -0.1) is 0 Å². The Balaban J connectivity index is 4.36. The van der Waals surface area contributed by atoms with E-state index in [0.29, 0.717) is 45.4 Å². The van der Waals surface area contributed by atoms with Crippen LogP contribution in [0.2, 0.25) is 0 Å². The minimum atomic E-state index is -0.579. The van der Waals surface area contributed by atoms with Crippen LogP contribution >= 0.6 is 0 Å². The van der Waals surface area contributed by atoms with E-state index in [4.69, 9.17) is 9.47 Å². The second kappa shape index (κ2) is 12.3. The molecule has 0 saturated heterocycles. The molecule has 0 atom stereocenters. The third kappa shape index (κ3) is 14.9. The minimum Gasteiger partial charge on any atom is -0.444 e. The molecular weight excluding hydrogens is 362 g/mol. The normalized spacial score (nSPS) is 11.4. The van der Waals surface area contributed by atoms with E-state index in [1.807, 2.05) is 41.5 Å². The highest BCUT2D eigenvalue weighted by Crippen LogP contribution is 2.11. The van der Waals surface area contributed by atoms with Crippen LogP contribution in [-0.2, 0) is 14.3 Å². The van der Waals surface area contributed by atoms with Crippen molar-refractivity contribution in [1.29, 1.82) is 0 Å². The Kier molecular flexibility index (Phi) is 11.3. The zero-order chi connectivity index (χ0) is 21.8. The zero-order valence-corrected chi connectivity index (χ0v) is 18.2. The summed E-state index contributed by atoms with van der Waals surface area (Å²) in [4.78, 5) is 36.8. The van der Waals surface area contributed by atoms with Gasteiger partial charge in [0.05, 0.1) is 0 Å². The number of hydrogen-bond acceptors (Lipinski definition) is 5. The van der Waals surface area contributed by atoms with E-state index in [0.717, 1.165) is 0 Å². The molecule has 8 nitrogen and oxygen atoms in total. The van der Waals surface area contributed by atoms with Gasteiger partial charge in [0.1, 0.15) is 11.2 Å². The van der Waals surface area contributed by atoms with Crippen molar-refractivity contribution in [3.05, 3.63) is 12.7 Å². The van der Waals surface area contributed by atoms with Gasteiger partial charge in [-0.1, -0.05) is 6.58 Å². The first-order chi connectivity index (χ1) is 12.8. The standard InChI is InChI=1S/C20H37N3O5/c1-8-16(24)21-13-11-15-23(18(26)28-20(5,6)7)14-10-9-12-22-17(25)27-19(2,3)4/h8H,1,9-15H2,2-7H3,(H,21,24)(H,22,25). The van der Waals surface area contributed by atoms with Crippen LogP contribution in [0.4, 0.5) is 9.59 Å². The number of carbonyl (C=O) groups excluding carboxylic acids is 3. The van der Waals surface area contributed by atoms with Crippen LogP contribution in [0.15, 0.2) is 12.7 Å². The van der Waals surface area contributed by atoms with Crippen LogP contribution < -0.4 is 10.6 Å². The van der Waals surface area contributed by atoms with Crippen molar-refractivity contribution in [3.63, 3.8) is 0 Å². The first-order valence-electron chi connectivity index (χ1n) is 9.69. The maximum absolute atomic E-state index is 12.4. The first kappa shape index (κ1) is 25.8. The Morgan fingerprint density at radius 3 is 1.93 bits per heavy atom. The number of ether oxygens (including phenoxy) is 2. The summed E-state index contributed by atoms with van der Waals surface area (Å²) < 4.78 is 10.6. The molecule has 0 heterocycles. The van der Waals surface area contributed by atoms with E-state index >= 15 is 0 Å². The maximum Gasteiger partial charge on any atom is 0.410 e. The van der Waals surface area contributed by atoms with Gasteiger partial charge in [0, 0.05) is 26.2 Å². The lowest BCUT2D eigenvalue weighted by molar-refractivity contribution is -0.116. The molecule has 0 bridgehead atoms. The summed E-state index contributed by atoms with van der Waals surface area (Å²) in [6.45, 7) is 16.2. The molecule has 0 radical (unpaired) electrons. The number of nitrogens with one attached hydrogen (secondary N) is 2. The number of alkyl carbamates (subject to hydrolysis) is 1. The van der Waals surface area contributed by atoms with Crippen molar-refractivity contribution in [2.45, 2.75) is 72.0 Å². The summed E-state index contributed by atoms with van der Waals surface area (Å²) in [5.41, 5.74) is -1.11. The van der Waals surface area contributed by atoms with Gasteiger partial charge in [-0.05, 0) is 66.9 Å². The highest BCUT2D eigenvalue weighted by Gasteiger charge is 2.21. The van der Waals surface area contributed by atoms with Gasteiger partial charge in [-0.3, -0.25) is 4.79 Å². The van der Waals surface area contributed by atoms with Crippen LogP contribution in [0.3, 0.4) is 0 Å². The molecule has 0 fully saturated rings. The van der Waals surface area contributed by atoms with Gasteiger partial charge in [0.2, 0.25) is 5.91 Å². The molecule has 0 aromatic rings. The highest BCUT2D eigenvalue weighted by molar-refractivity contribution is 5.86. The molecule has 0 spiro atoms. The Morgan fingerprint density at radius 2 is 1.39 bits per heavy atom. The minimum absolute atomic E-state index is 0.239. The van der Waals surface area contributed by atoms with E-state index in [1.54, 1.807) is 4.90 Å². The zero-order valence-electron chi connectivity index (χ0n) is 18.2. The fourth-order valence-corrected chi connectivity index (χ4v) is 2.11. The smallest absolute Gasteiger partial charge is 0.410 e. The predicted molar refractivity (Wildman–Crippen MR) is 109 cm³/mol. The van der Waals surface area contributed by atoms with Crippen LogP contribution in [0.5, 0.6) is 0 Å². The molecule has 162 valence electrons. The fourth-order valence-electron chi connectivity index (χ4n) is 2.11. The highest BCUT2D eigenvalue weighted by atomic mass is 16.6. The molecule has 0 aliphatic carbocycles. The maximum atomic E-state index is 12.4. The summed E-state index contributed by atoms with van der Waals surface area (Å²) in [5.74, 6) is -0.239. The molecule has 0 aliphatic heterocycles. The summed E-state index contributed by atoms with van der Waals surface area (Å²) in [6.07, 6.45) is 2.38. The largest absolute Gasteiger partial charge is 0.444 e. The molecule has 8 heteroatoms. The average Bonchev–Trinajstić information content (AvgIpc) is 2.52. The van der Waals surface area contributed by atoms with Crippen LogP contribution in [0, 0.1) is 0 Å². The number of amides is 3. The number of hydrogen-bond donors (Lipinski definition) is 2. The Labute approximate surface area is 169 Å². The monoisotopic (exact) mass is 399 g/mol. The molecule has 2 N–H and O–H groups in total. The molecule has 0 aliphatic rings. The van der Waals surface area contributed by atoms with Gasteiger partial charge in [-0.2, -0.15) is 0 Å². The third-order valence-electron chi connectivity index (χ3n) is 3.26. The Bertz CT molecular complexity index is 521. The molecule has 0 rings (SSSR count). The van der Waals surface area contributed by atoms with Crippen LogP contribution in [0.1, 0.15) is 60.8 Å². The summed E-state index contributed by atoms with van der Waals surface area (Å²) in [7, 11) is 0. The van der Waals surface area contributed by atoms with Gasteiger partial charge in [0.25, 0.3) is 0 Å². The number of unbranched alkanes of at least 4 members (excludes halogenated alkanes) is 1. The summed E-state index contributed by atoms with van der Waals surface area (Å²) in [5, 5.41) is 5.38. The van der Waals surface area contributed by atoms with Gasteiger partial charge >= 0.3 is 12.2 Å². The third-order valence-corrected chi connectivity index (χ3v) is 3.26. The second-order valence-corrected chi connectivity index (χ2v) is 8.45. The number of nitrogens with zero attached hydrogens (tertiary/aromatic N) is 1. The Morgan fingerprint density at radius 1 is 0.857 bits per heavy atom.